The quantitative estimate of drug-likeness (QED) is 0.0245. The molecule has 0 spiro atoms. The van der Waals surface area contributed by atoms with Crippen LogP contribution in [0.2, 0.25) is 0 Å². The second-order valence-electron chi connectivity index (χ2n) is 11.7. The smallest absolute Gasteiger partial charge is 0.463 e. The maximum atomic E-state index is 12.3. The zero-order chi connectivity index (χ0) is 41.3. The summed E-state index contributed by atoms with van der Waals surface area (Å²) in [6.45, 7) is 5.46. The van der Waals surface area contributed by atoms with Crippen LogP contribution in [0, 0.1) is 0 Å². The Morgan fingerprint density at radius 3 is 1.24 bits per heavy atom. The van der Waals surface area contributed by atoms with Gasteiger partial charge in [0, 0.05) is 39.8 Å². The summed E-state index contributed by atoms with van der Waals surface area (Å²) in [4.78, 5) is 77.9. The fraction of sp³-hybridized carbons (Fsp3) is 0.828. The van der Waals surface area contributed by atoms with Crippen molar-refractivity contribution >= 4 is 45.4 Å². The number of carbonyl (C=O) groups excluding carboxylic acids is 5. The molecule has 8 atom stereocenters. The number of phosphoric ester groups is 2. The van der Waals surface area contributed by atoms with E-state index in [1.807, 2.05) is 0 Å². The number of nitrogens with one attached hydrogen (secondary N) is 4. The third kappa shape index (κ3) is 28.6. The lowest BCUT2D eigenvalue weighted by molar-refractivity contribution is -0.147. The average Bonchev–Trinajstić information content (AvgIpc) is 3.05. The molecule has 4 unspecified atom stereocenters. The van der Waals surface area contributed by atoms with Crippen LogP contribution in [0.3, 0.4) is 0 Å². The molecule has 4 amide bonds. The zero-order valence-corrected chi connectivity index (χ0v) is 33.0. The first-order valence-corrected chi connectivity index (χ1v) is 19.8. The van der Waals surface area contributed by atoms with E-state index in [2.05, 4.69) is 21.3 Å². The molecule has 25 heteroatoms. The number of hydrogen-bond acceptors (Lipinski definition) is 17. The summed E-state index contributed by atoms with van der Waals surface area (Å²) in [5, 5.41) is 28.3. The Kier molecular flexibility index (Phi) is 26.3. The standard InChI is InChI=1S/C29H56N4O19P2/c1-19(51-23(5)36)7-11-45-15-25(32-27(38)21(3)34)17-49-53(41,42)47-13-9-30-29(40)31-10-14-48-54(43,44)50-18-26(33-28(39)22(4)35)16-46-12-8-20(2)52-24(6)37/h19-22,25-26,34-35H,7-18H2,1-6H3,(H,32,38)(H,33,39)(H,41,42)(H,43,44)(H2,30,31,40)/t19-,20-,21?,22?,25-,26-/m1/s1. The van der Waals surface area contributed by atoms with Crippen molar-refractivity contribution in [3.05, 3.63) is 0 Å². The third-order valence-corrected chi connectivity index (χ3v) is 8.29. The van der Waals surface area contributed by atoms with Crippen molar-refractivity contribution in [3.63, 3.8) is 0 Å². The minimum atomic E-state index is -4.68. The predicted molar refractivity (Wildman–Crippen MR) is 185 cm³/mol. The SMILES string of the molecule is CC(=O)O[C@H](C)CCOC[C@H](COP(=O)(O)OCCNC(=O)NCCOP(=O)(O)OC[C@@H](COCC[C@@H](C)OC(C)=O)NC(=O)C(C)O)NC(=O)C(C)O. The highest BCUT2D eigenvalue weighted by Gasteiger charge is 2.27. The molecule has 8 N–H and O–H groups in total. The van der Waals surface area contributed by atoms with Gasteiger partial charge in [0.2, 0.25) is 11.8 Å². The van der Waals surface area contributed by atoms with Crippen LogP contribution in [0.4, 0.5) is 4.79 Å². The highest BCUT2D eigenvalue weighted by atomic mass is 31.2. The number of hydrogen-bond donors (Lipinski definition) is 8. The first kappa shape index (κ1) is 51.2. The van der Waals surface area contributed by atoms with Gasteiger partial charge >= 0.3 is 33.6 Å². The van der Waals surface area contributed by atoms with Crippen LogP contribution in [-0.4, -0.2) is 152 Å². The summed E-state index contributed by atoms with van der Waals surface area (Å²) in [7, 11) is -9.37. The van der Waals surface area contributed by atoms with Crippen molar-refractivity contribution in [3.8, 4) is 0 Å². The van der Waals surface area contributed by atoms with Gasteiger partial charge in [-0.25, -0.2) is 13.9 Å². The second-order valence-corrected chi connectivity index (χ2v) is 14.6. The Bertz CT molecular complexity index is 1150. The van der Waals surface area contributed by atoms with Gasteiger partial charge in [0.25, 0.3) is 0 Å². The van der Waals surface area contributed by atoms with E-state index in [1.54, 1.807) is 13.8 Å². The van der Waals surface area contributed by atoms with Gasteiger partial charge in [0.15, 0.2) is 0 Å². The summed E-state index contributed by atoms with van der Waals surface area (Å²) in [5.41, 5.74) is 0. The molecule has 0 saturated heterocycles. The molecule has 23 nitrogen and oxygen atoms in total. The van der Waals surface area contributed by atoms with E-state index in [1.165, 1.54) is 27.7 Å². The molecule has 316 valence electrons. The fourth-order valence-electron chi connectivity index (χ4n) is 3.70. The van der Waals surface area contributed by atoms with Crippen molar-refractivity contribution in [1.29, 1.82) is 0 Å². The number of aliphatic hydroxyl groups is 2. The topological polar surface area (TPSA) is 322 Å². The maximum Gasteiger partial charge on any atom is 0.472 e. The Hall–Kier alpha value is -2.79. The number of esters is 2. The molecule has 0 aromatic rings. The van der Waals surface area contributed by atoms with Crippen molar-refractivity contribution in [2.75, 3.05) is 65.9 Å². The summed E-state index contributed by atoms with van der Waals surface area (Å²) in [5.74, 6) is -2.51. The number of rotatable bonds is 30. The minimum absolute atomic E-state index is 0.112. The second kappa shape index (κ2) is 27.7. The van der Waals surface area contributed by atoms with Crippen molar-refractivity contribution in [1.82, 2.24) is 21.3 Å². The van der Waals surface area contributed by atoms with Gasteiger partial charge in [0.1, 0.15) is 24.4 Å². The Morgan fingerprint density at radius 1 is 0.574 bits per heavy atom. The molecular weight excluding hydrogens is 770 g/mol. The Morgan fingerprint density at radius 2 is 0.926 bits per heavy atom. The van der Waals surface area contributed by atoms with E-state index in [0.29, 0.717) is 12.8 Å². The number of carbonyl (C=O) groups is 5. The van der Waals surface area contributed by atoms with E-state index in [4.69, 9.17) is 37.0 Å². The molecule has 0 aromatic heterocycles. The van der Waals surface area contributed by atoms with Crippen molar-refractivity contribution in [2.45, 2.75) is 90.9 Å². The maximum absolute atomic E-state index is 12.3. The summed E-state index contributed by atoms with van der Waals surface area (Å²) in [6, 6.07) is -2.75. The van der Waals surface area contributed by atoms with Crippen LogP contribution >= 0.6 is 15.6 Å². The monoisotopic (exact) mass is 826 g/mol. The number of urea groups is 1. The van der Waals surface area contributed by atoms with Gasteiger partial charge in [-0.2, -0.15) is 0 Å². The van der Waals surface area contributed by atoms with Crippen LogP contribution in [0.1, 0.15) is 54.4 Å². The van der Waals surface area contributed by atoms with Crippen molar-refractivity contribution < 1.29 is 90.1 Å². The van der Waals surface area contributed by atoms with Gasteiger partial charge < -0.3 is 60.2 Å². The molecule has 0 saturated carbocycles. The van der Waals surface area contributed by atoms with E-state index in [9.17, 15) is 53.1 Å². The van der Waals surface area contributed by atoms with Crippen LogP contribution in [0.25, 0.3) is 0 Å². The lowest BCUT2D eigenvalue weighted by atomic mass is 10.3. The number of aliphatic hydroxyl groups excluding tert-OH is 2. The minimum Gasteiger partial charge on any atom is -0.463 e. The molecule has 0 bridgehead atoms. The highest BCUT2D eigenvalue weighted by Crippen LogP contribution is 2.43. The largest absolute Gasteiger partial charge is 0.472 e. The van der Waals surface area contributed by atoms with Crippen LogP contribution in [0.15, 0.2) is 0 Å². The van der Waals surface area contributed by atoms with Gasteiger partial charge in [-0.3, -0.25) is 37.3 Å². The molecule has 0 aromatic carbocycles. The van der Waals surface area contributed by atoms with Crippen LogP contribution < -0.4 is 21.3 Å². The van der Waals surface area contributed by atoms with E-state index in [0.717, 1.165) is 0 Å². The Balaban J connectivity index is 4.58. The third-order valence-electron chi connectivity index (χ3n) is 6.32. The molecule has 0 radical (unpaired) electrons. The lowest BCUT2D eigenvalue weighted by Gasteiger charge is -2.22. The number of amides is 4. The molecule has 0 heterocycles. The molecule has 0 fully saturated rings. The fourth-order valence-corrected chi connectivity index (χ4v) is 5.23. The number of phosphoric acid groups is 2. The molecular formula is C29H56N4O19P2. The van der Waals surface area contributed by atoms with Gasteiger partial charge in [-0.15, -0.1) is 0 Å². The normalized spacial score (nSPS) is 16.9. The first-order valence-electron chi connectivity index (χ1n) is 16.8. The predicted octanol–water partition coefficient (Wildman–Crippen LogP) is -0.999. The summed E-state index contributed by atoms with van der Waals surface area (Å²) >= 11 is 0. The summed E-state index contributed by atoms with van der Waals surface area (Å²) in [6.07, 6.45) is -2.98. The van der Waals surface area contributed by atoms with Gasteiger partial charge in [0.05, 0.1) is 64.9 Å². The zero-order valence-electron chi connectivity index (χ0n) is 31.3. The van der Waals surface area contributed by atoms with E-state index in [-0.39, 0.29) is 39.5 Å². The summed E-state index contributed by atoms with van der Waals surface area (Å²) < 4.78 is 64.9. The van der Waals surface area contributed by atoms with Gasteiger partial charge in [-0.05, 0) is 27.7 Å². The molecule has 0 aliphatic heterocycles. The molecule has 0 rings (SSSR count). The number of ether oxygens (including phenoxy) is 4. The molecule has 54 heavy (non-hydrogen) atoms. The van der Waals surface area contributed by atoms with Crippen LogP contribution in [0.5, 0.6) is 0 Å². The molecule has 0 aliphatic carbocycles. The van der Waals surface area contributed by atoms with E-state index >= 15 is 0 Å². The van der Waals surface area contributed by atoms with E-state index < -0.39 is 108 Å². The van der Waals surface area contributed by atoms with Crippen molar-refractivity contribution in [2.24, 2.45) is 0 Å². The average molecular weight is 827 g/mol. The Labute approximate surface area is 313 Å². The molecule has 0 aliphatic rings. The first-order chi connectivity index (χ1) is 25.1. The van der Waals surface area contributed by atoms with Gasteiger partial charge in [-0.1, -0.05) is 0 Å². The lowest BCUT2D eigenvalue weighted by Crippen LogP contribution is -2.45. The highest BCUT2D eigenvalue weighted by molar-refractivity contribution is 7.47. The van der Waals surface area contributed by atoms with Crippen LogP contribution in [-0.2, 0) is 65.4 Å².